The van der Waals surface area contributed by atoms with Gasteiger partial charge in [-0.15, -0.1) is 10.2 Å². The first-order valence-corrected chi connectivity index (χ1v) is 7.82. The molecule has 0 amide bonds. The zero-order chi connectivity index (χ0) is 18.7. The Hall–Kier alpha value is -2.68. The maximum atomic E-state index is 13.0. The Morgan fingerprint density at radius 1 is 1.19 bits per heavy atom. The van der Waals surface area contributed by atoms with Crippen molar-refractivity contribution < 1.29 is 27.4 Å². The Labute approximate surface area is 147 Å². The number of methoxy groups -OCH3 is 1. The van der Waals surface area contributed by atoms with Gasteiger partial charge in [0.25, 0.3) is 0 Å². The van der Waals surface area contributed by atoms with Crippen molar-refractivity contribution in [2.75, 3.05) is 25.1 Å². The van der Waals surface area contributed by atoms with E-state index in [1.165, 1.54) is 25.3 Å². The monoisotopic (exact) mass is 367 g/mol. The summed E-state index contributed by atoms with van der Waals surface area (Å²) in [6.07, 6.45) is -4.60. The lowest BCUT2D eigenvalue weighted by atomic mass is 10.1. The van der Waals surface area contributed by atoms with Crippen molar-refractivity contribution in [3.05, 3.63) is 53.2 Å². The van der Waals surface area contributed by atoms with Crippen LogP contribution in [0, 0.1) is 0 Å². The first-order chi connectivity index (χ1) is 12.4. The number of benzene rings is 1. The van der Waals surface area contributed by atoms with E-state index in [0.29, 0.717) is 18.9 Å². The van der Waals surface area contributed by atoms with Crippen molar-refractivity contribution >= 4 is 11.8 Å². The Kier molecular flexibility index (Phi) is 5.08. The number of anilines is 1. The van der Waals surface area contributed by atoms with Crippen LogP contribution in [-0.2, 0) is 22.3 Å². The van der Waals surface area contributed by atoms with Gasteiger partial charge < -0.3 is 14.4 Å². The second-order valence-electron chi connectivity index (χ2n) is 5.76. The molecule has 3 rings (SSSR count). The van der Waals surface area contributed by atoms with Crippen LogP contribution in [0.2, 0.25) is 0 Å². The molecule has 0 bridgehead atoms. The second kappa shape index (κ2) is 7.28. The van der Waals surface area contributed by atoms with Crippen LogP contribution in [0.15, 0.2) is 36.4 Å². The maximum Gasteiger partial charge on any atom is 0.416 e. The van der Waals surface area contributed by atoms with Crippen molar-refractivity contribution in [1.29, 1.82) is 0 Å². The fourth-order valence-electron chi connectivity index (χ4n) is 2.57. The summed E-state index contributed by atoms with van der Waals surface area (Å²) < 4.78 is 49.0. The molecule has 0 spiro atoms. The Morgan fingerprint density at radius 3 is 2.54 bits per heavy atom. The number of ether oxygens (including phenoxy) is 2. The Balaban J connectivity index is 1.53. The van der Waals surface area contributed by atoms with Crippen LogP contribution in [0.25, 0.3) is 0 Å². The van der Waals surface area contributed by atoms with Crippen LogP contribution in [-0.4, -0.2) is 42.5 Å². The summed E-state index contributed by atoms with van der Waals surface area (Å²) in [5, 5.41) is 7.72. The van der Waals surface area contributed by atoms with Gasteiger partial charge in [0.2, 0.25) is 0 Å². The van der Waals surface area contributed by atoms with Gasteiger partial charge in [0.1, 0.15) is 0 Å². The van der Waals surface area contributed by atoms with Gasteiger partial charge in [0.15, 0.2) is 11.5 Å². The van der Waals surface area contributed by atoms with Crippen LogP contribution in [0.1, 0.15) is 21.6 Å². The largest absolute Gasteiger partial charge is 0.464 e. The lowest BCUT2D eigenvalue weighted by molar-refractivity contribution is -0.139. The second-order valence-corrected chi connectivity index (χ2v) is 5.76. The van der Waals surface area contributed by atoms with Gasteiger partial charge in [-0.1, -0.05) is 18.2 Å². The first kappa shape index (κ1) is 18.1. The van der Waals surface area contributed by atoms with Crippen LogP contribution in [0.4, 0.5) is 19.0 Å². The van der Waals surface area contributed by atoms with E-state index in [4.69, 9.17) is 4.74 Å². The molecular weight excluding hydrogens is 351 g/mol. The molecule has 0 aliphatic carbocycles. The highest BCUT2D eigenvalue weighted by Crippen LogP contribution is 2.32. The molecule has 1 aliphatic heterocycles. The number of nitrogens with zero attached hydrogens (tertiary/aromatic N) is 3. The number of esters is 1. The van der Waals surface area contributed by atoms with Crippen molar-refractivity contribution in [3.8, 4) is 0 Å². The van der Waals surface area contributed by atoms with Crippen LogP contribution in [0.5, 0.6) is 0 Å². The summed E-state index contributed by atoms with van der Waals surface area (Å²) in [6.45, 7) is 0.863. The van der Waals surface area contributed by atoms with Gasteiger partial charge in [-0.05, 0) is 23.8 Å². The quantitative estimate of drug-likeness (QED) is 0.757. The summed E-state index contributed by atoms with van der Waals surface area (Å²) in [5.74, 6) is -0.00889. The SMILES string of the molecule is COC(=O)c1ccc(N2CC(OCc3ccccc3C(F)(F)F)C2)nn1. The van der Waals surface area contributed by atoms with E-state index >= 15 is 0 Å². The predicted octanol–water partition coefficient (Wildman–Crippen LogP) is 2.69. The molecule has 0 radical (unpaired) electrons. The van der Waals surface area contributed by atoms with Gasteiger partial charge in [-0.3, -0.25) is 0 Å². The highest BCUT2D eigenvalue weighted by Gasteiger charge is 2.34. The minimum absolute atomic E-state index is 0.105. The molecule has 26 heavy (non-hydrogen) atoms. The first-order valence-electron chi connectivity index (χ1n) is 7.82. The fourth-order valence-corrected chi connectivity index (χ4v) is 2.57. The fraction of sp³-hybridized carbons (Fsp3) is 0.353. The average molecular weight is 367 g/mol. The number of alkyl halides is 3. The zero-order valence-corrected chi connectivity index (χ0v) is 13.9. The third kappa shape index (κ3) is 3.93. The maximum absolute atomic E-state index is 13.0. The molecule has 0 N–H and O–H groups in total. The smallest absolute Gasteiger partial charge is 0.416 e. The van der Waals surface area contributed by atoms with Crippen molar-refractivity contribution in [2.24, 2.45) is 0 Å². The van der Waals surface area contributed by atoms with Crippen molar-refractivity contribution in [1.82, 2.24) is 10.2 Å². The molecule has 1 saturated heterocycles. The number of carbonyl (C=O) groups excluding carboxylic acids is 1. The van der Waals surface area contributed by atoms with Gasteiger partial charge in [0.05, 0.1) is 25.4 Å². The molecule has 2 heterocycles. The van der Waals surface area contributed by atoms with E-state index in [-0.39, 0.29) is 24.0 Å². The molecule has 9 heteroatoms. The molecule has 1 fully saturated rings. The number of hydrogen-bond donors (Lipinski definition) is 0. The summed E-state index contributed by atoms with van der Waals surface area (Å²) in [6, 6.07) is 8.50. The molecule has 1 aromatic carbocycles. The standard InChI is InChI=1S/C17H16F3N3O3/c1-25-16(24)14-6-7-15(22-21-14)23-8-12(9-23)26-10-11-4-2-3-5-13(11)17(18,19)20/h2-7,12H,8-10H2,1H3. The highest BCUT2D eigenvalue weighted by atomic mass is 19.4. The van der Waals surface area contributed by atoms with E-state index in [1.807, 2.05) is 4.90 Å². The predicted molar refractivity (Wildman–Crippen MR) is 85.6 cm³/mol. The highest BCUT2D eigenvalue weighted by molar-refractivity contribution is 5.87. The summed E-state index contributed by atoms with van der Waals surface area (Å²) in [4.78, 5) is 13.2. The van der Waals surface area contributed by atoms with Crippen LogP contribution in [0.3, 0.4) is 0 Å². The molecule has 6 nitrogen and oxygen atoms in total. The minimum Gasteiger partial charge on any atom is -0.464 e. The molecular formula is C17H16F3N3O3. The van der Waals surface area contributed by atoms with E-state index < -0.39 is 17.7 Å². The lowest BCUT2D eigenvalue weighted by Crippen LogP contribution is -2.52. The molecule has 138 valence electrons. The van der Waals surface area contributed by atoms with E-state index in [1.54, 1.807) is 12.1 Å². The molecule has 0 atom stereocenters. The molecule has 2 aromatic rings. The number of halogens is 3. The average Bonchev–Trinajstić information content (AvgIpc) is 2.59. The third-order valence-corrected chi connectivity index (χ3v) is 4.01. The summed E-state index contributed by atoms with van der Waals surface area (Å²) in [5.41, 5.74) is -0.463. The van der Waals surface area contributed by atoms with Crippen molar-refractivity contribution in [3.63, 3.8) is 0 Å². The minimum atomic E-state index is -4.40. The van der Waals surface area contributed by atoms with Gasteiger partial charge in [0, 0.05) is 13.1 Å². The zero-order valence-electron chi connectivity index (χ0n) is 13.9. The third-order valence-electron chi connectivity index (χ3n) is 4.01. The normalized spacial score (nSPS) is 14.8. The van der Waals surface area contributed by atoms with E-state index in [0.717, 1.165) is 6.07 Å². The summed E-state index contributed by atoms with van der Waals surface area (Å²) >= 11 is 0. The van der Waals surface area contributed by atoms with E-state index in [2.05, 4.69) is 14.9 Å². The number of carbonyl (C=O) groups is 1. The van der Waals surface area contributed by atoms with Gasteiger partial charge in [-0.25, -0.2) is 4.79 Å². The topological polar surface area (TPSA) is 64.5 Å². The van der Waals surface area contributed by atoms with Gasteiger partial charge >= 0.3 is 12.1 Å². The van der Waals surface area contributed by atoms with E-state index in [9.17, 15) is 18.0 Å². The molecule has 1 aliphatic rings. The van der Waals surface area contributed by atoms with Crippen LogP contribution < -0.4 is 4.90 Å². The summed E-state index contributed by atoms with van der Waals surface area (Å²) in [7, 11) is 1.26. The molecule has 1 aromatic heterocycles. The van der Waals surface area contributed by atoms with Gasteiger partial charge in [-0.2, -0.15) is 13.2 Å². The molecule has 0 unspecified atom stereocenters. The van der Waals surface area contributed by atoms with Crippen molar-refractivity contribution in [2.45, 2.75) is 18.9 Å². The Morgan fingerprint density at radius 2 is 1.92 bits per heavy atom. The number of hydrogen-bond acceptors (Lipinski definition) is 6. The number of aromatic nitrogens is 2. The lowest BCUT2D eigenvalue weighted by Gasteiger charge is -2.39. The molecule has 0 saturated carbocycles. The Bertz CT molecular complexity index is 775. The van der Waals surface area contributed by atoms with Crippen LogP contribution >= 0.6 is 0 Å². The number of rotatable bonds is 5.